The smallest absolute Gasteiger partial charge is 0.306 e. The van der Waals surface area contributed by atoms with Gasteiger partial charge in [0, 0.05) is 19.3 Å². The Labute approximate surface area is 525 Å². The van der Waals surface area contributed by atoms with Crippen molar-refractivity contribution in [3.63, 3.8) is 0 Å². The second kappa shape index (κ2) is 62.5. The molecule has 2 atom stereocenters. The van der Waals surface area contributed by atoms with Gasteiger partial charge < -0.3 is 19.1 Å². The zero-order chi connectivity index (χ0) is 61.8. The molecule has 0 bridgehead atoms. The maximum atomic E-state index is 12.7. The van der Waals surface area contributed by atoms with E-state index in [0.717, 1.165) is 99.8 Å². The van der Waals surface area contributed by atoms with Crippen LogP contribution in [0.15, 0.2) is 24.3 Å². The fourth-order valence-corrected chi connectivity index (χ4v) is 12.0. The Morgan fingerprint density at radius 1 is 0.310 bits per heavy atom. The second-order valence-corrected chi connectivity index (χ2v) is 28.2. The van der Waals surface area contributed by atoms with Crippen molar-refractivity contribution in [2.45, 2.75) is 383 Å². The van der Waals surface area contributed by atoms with Crippen molar-refractivity contribution >= 4 is 17.9 Å². The lowest BCUT2D eigenvalue weighted by Crippen LogP contribution is -2.20. The second-order valence-electron chi connectivity index (χ2n) is 28.2. The normalized spacial score (nSPS) is 13.2. The minimum Gasteiger partial charge on any atom is -0.466 e. The zero-order valence-electron chi connectivity index (χ0n) is 58.2. The van der Waals surface area contributed by atoms with Crippen LogP contribution in [0.1, 0.15) is 376 Å². The molecule has 0 radical (unpaired) electrons. The standard InChI is InChI=1S/C77H147NO6/c1-68(2)61-63-72(70(5)6)54-49-51-66-82-75(79)58-47-43-39-35-31-27-23-19-15-11-13-17-21-25-29-33-37-41-45-56-74(84-77(81)60-53-65-78(9)10)57-46-42-38-34-30-26-22-18-14-12-16-20-24-28-32-36-40-44-48-59-76(80)83-67-52-50-55-73(71(7)8)64-62-69(3)4/h11-12,15-16,68-74H,13-14,17-67H2,1-10H3/b15-11-,16-12-. The summed E-state index contributed by atoms with van der Waals surface area (Å²) in [5, 5.41) is 0. The summed E-state index contributed by atoms with van der Waals surface area (Å²) in [5.74, 6) is 4.66. The van der Waals surface area contributed by atoms with Gasteiger partial charge in [0.1, 0.15) is 6.10 Å². The number of rotatable bonds is 65. The van der Waals surface area contributed by atoms with Gasteiger partial charge in [0.25, 0.3) is 0 Å². The lowest BCUT2D eigenvalue weighted by atomic mass is 9.85. The molecular formula is C77H147NO6. The van der Waals surface area contributed by atoms with Crippen molar-refractivity contribution in [3.8, 4) is 0 Å². The molecule has 0 aliphatic heterocycles. The van der Waals surface area contributed by atoms with Gasteiger partial charge in [0.2, 0.25) is 0 Å². The van der Waals surface area contributed by atoms with Gasteiger partial charge in [-0.15, -0.1) is 0 Å². The highest BCUT2D eigenvalue weighted by Gasteiger charge is 2.17. The Kier molecular flexibility index (Phi) is 60.9. The van der Waals surface area contributed by atoms with Crippen LogP contribution in [0.2, 0.25) is 0 Å². The summed E-state index contributed by atoms with van der Waals surface area (Å²) in [4.78, 5) is 39.2. The van der Waals surface area contributed by atoms with Crippen LogP contribution in [0.4, 0.5) is 0 Å². The van der Waals surface area contributed by atoms with Crippen molar-refractivity contribution < 1.29 is 28.6 Å². The fraction of sp³-hybridized carbons (Fsp3) is 0.909. The third kappa shape index (κ3) is 61.5. The van der Waals surface area contributed by atoms with Crippen LogP contribution >= 0.6 is 0 Å². The first-order valence-electron chi connectivity index (χ1n) is 37.2. The molecule has 7 nitrogen and oxygen atoms in total. The predicted octanol–water partition coefficient (Wildman–Crippen LogP) is 24.0. The summed E-state index contributed by atoms with van der Waals surface area (Å²) in [6.45, 7) is 20.8. The first-order chi connectivity index (χ1) is 40.7. The number of hydrogen-bond donors (Lipinski definition) is 0. The lowest BCUT2D eigenvalue weighted by Gasteiger charge is -2.21. The Bertz CT molecular complexity index is 1370. The minimum absolute atomic E-state index is 0.00252. The summed E-state index contributed by atoms with van der Waals surface area (Å²) < 4.78 is 17.2. The van der Waals surface area contributed by atoms with Gasteiger partial charge in [-0.2, -0.15) is 0 Å². The first-order valence-corrected chi connectivity index (χ1v) is 37.2. The van der Waals surface area contributed by atoms with E-state index in [-0.39, 0.29) is 24.0 Å². The molecule has 0 aliphatic carbocycles. The number of allylic oxidation sites excluding steroid dienone is 4. The van der Waals surface area contributed by atoms with Gasteiger partial charge in [0.05, 0.1) is 13.2 Å². The lowest BCUT2D eigenvalue weighted by molar-refractivity contribution is -0.150. The van der Waals surface area contributed by atoms with Gasteiger partial charge in [-0.3, -0.25) is 14.4 Å². The van der Waals surface area contributed by atoms with Crippen molar-refractivity contribution in [1.82, 2.24) is 4.90 Å². The molecule has 0 heterocycles. The monoisotopic (exact) mass is 1180 g/mol. The van der Waals surface area contributed by atoms with Crippen molar-refractivity contribution in [2.24, 2.45) is 35.5 Å². The van der Waals surface area contributed by atoms with E-state index in [1.165, 1.54) is 244 Å². The van der Waals surface area contributed by atoms with E-state index in [2.05, 4.69) is 98.7 Å². The Hall–Kier alpha value is -2.15. The summed E-state index contributed by atoms with van der Waals surface area (Å²) in [6, 6.07) is 0. The predicted molar refractivity (Wildman–Crippen MR) is 366 cm³/mol. The SMILES string of the molecule is CC(C)CCC(CCCCOC(=O)CCCCCCCCC/C=C\CCCCCCCCCCC(CCCCCCCCCC/C=C\CCCCCCCCCC(=O)OCCCCC(CCC(C)C)C(C)C)OC(=O)CCCN(C)C)C(C)C. The molecule has 0 rings (SSSR count). The van der Waals surface area contributed by atoms with E-state index in [0.29, 0.717) is 32.5 Å². The highest BCUT2D eigenvalue weighted by atomic mass is 16.5. The van der Waals surface area contributed by atoms with Crippen molar-refractivity contribution in [2.75, 3.05) is 33.9 Å². The maximum absolute atomic E-state index is 12.7. The number of unbranched alkanes of at least 4 members (excludes halogenated alkanes) is 32. The minimum atomic E-state index is 0.00252. The van der Waals surface area contributed by atoms with Crippen LogP contribution in [0.5, 0.6) is 0 Å². The average Bonchev–Trinajstić information content (AvgIpc) is 3.44. The Morgan fingerprint density at radius 2 is 0.595 bits per heavy atom. The molecule has 2 unspecified atom stereocenters. The van der Waals surface area contributed by atoms with E-state index in [1.807, 2.05) is 0 Å². The third-order valence-electron chi connectivity index (χ3n) is 18.0. The summed E-state index contributed by atoms with van der Waals surface area (Å²) in [5.41, 5.74) is 0. The third-order valence-corrected chi connectivity index (χ3v) is 18.0. The van der Waals surface area contributed by atoms with Crippen LogP contribution in [-0.2, 0) is 28.6 Å². The van der Waals surface area contributed by atoms with Gasteiger partial charge in [0.15, 0.2) is 0 Å². The fourth-order valence-electron chi connectivity index (χ4n) is 12.0. The number of nitrogens with zero attached hydrogens (tertiary/aromatic N) is 1. The highest BCUT2D eigenvalue weighted by Crippen LogP contribution is 2.27. The zero-order valence-corrected chi connectivity index (χ0v) is 58.2. The molecule has 0 fully saturated rings. The number of carbonyl (C=O) groups excluding carboxylic acids is 3. The molecule has 0 spiro atoms. The van der Waals surface area contributed by atoms with Crippen molar-refractivity contribution in [1.29, 1.82) is 0 Å². The van der Waals surface area contributed by atoms with Crippen LogP contribution in [0.3, 0.4) is 0 Å². The van der Waals surface area contributed by atoms with Gasteiger partial charge in [-0.1, -0.05) is 247 Å². The molecule has 0 amide bonds. The summed E-state index contributed by atoms with van der Waals surface area (Å²) in [6.07, 6.45) is 69.3. The largest absolute Gasteiger partial charge is 0.466 e. The molecule has 0 aromatic heterocycles. The van der Waals surface area contributed by atoms with Crippen molar-refractivity contribution in [3.05, 3.63) is 24.3 Å². The average molecular weight is 1180 g/mol. The molecule has 0 aromatic carbocycles. The van der Waals surface area contributed by atoms with Gasteiger partial charge in [-0.25, -0.2) is 0 Å². The summed E-state index contributed by atoms with van der Waals surface area (Å²) >= 11 is 0. The van der Waals surface area contributed by atoms with E-state index in [1.54, 1.807) is 0 Å². The quantitative estimate of drug-likeness (QED) is 0.0260. The summed E-state index contributed by atoms with van der Waals surface area (Å²) in [7, 11) is 4.13. The molecular weight excluding hydrogens is 1030 g/mol. The Morgan fingerprint density at radius 3 is 0.905 bits per heavy atom. The molecule has 0 saturated heterocycles. The van der Waals surface area contributed by atoms with Crippen LogP contribution in [0.25, 0.3) is 0 Å². The molecule has 7 heteroatoms. The maximum Gasteiger partial charge on any atom is 0.306 e. The molecule has 0 aromatic rings. The number of carbonyl (C=O) groups is 3. The number of hydrogen-bond acceptors (Lipinski definition) is 7. The van der Waals surface area contributed by atoms with Gasteiger partial charge in [-0.05, 0) is 191 Å². The van der Waals surface area contributed by atoms with E-state index < -0.39 is 0 Å². The van der Waals surface area contributed by atoms with E-state index in [9.17, 15) is 14.4 Å². The number of esters is 3. The highest BCUT2D eigenvalue weighted by molar-refractivity contribution is 5.70. The Balaban J connectivity index is 3.83. The first kappa shape index (κ1) is 81.8. The van der Waals surface area contributed by atoms with Crippen LogP contribution in [-0.4, -0.2) is 62.8 Å². The topological polar surface area (TPSA) is 82.1 Å². The molecule has 0 N–H and O–H groups in total. The molecule has 496 valence electrons. The number of ether oxygens (including phenoxy) is 3. The van der Waals surface area contributed by atoms with Crippen LogP contribution in [0, 0.1) is 35.5 Å². The molecule has 84 heavy (non-hydrogen) atoms. The molecule has 0 saturated carbocycles. The van der Waals surface area contributed by atoms with E-state index >= 15 is 0 Å². The molecule has 0 aliphatic rings. The van der Waals surface area contributed by atoms with Gasteiger partial charge >= 0.3 is 17.9 Å². The van der Waals surface area contributed by atoms with E-state index in [4.69, 9.17) is 14.2 Å². The van der Waals surface area contributed by atoms with Crippen LogP contribution < -0.4 is 0 Å².